The van der Waals surface area contributed by atoms with Crippen molar-refractivity contribution in [3.63, 3.8) is 0 Å². The Labute approximate surface area is 188 Å². The van der Waals surface area contributed by atoms with Gasteiger partial charge in [0.05, 0.1) is 18.1 Å². The van der Waals surface area contributed by atoms with Crippen molar-refractivity contribution in [2.24, 2.45) is 0 Å². The highest BCUT2D eigenvalue weighted by molar-refractivity contribution is 5.75. The number of urea groups is 1. The molecule has 1 saturated heterocycles. The van der Waals surface area contributed by atoms with Crippen LogP contribution >= 0.6 is 0 Å². The molecule has 2 aliphatic rings. The Morgan fingerprint density at radius 2 is 1.81 bits per heavy atom. The molecule has 0 spiro atoms. The Morgan fingerprint density at radius 1 is 1.00 bits per heavy atom. The Morgan fingerprint density at radius 3 is 2.62 bits per heavy atom. The number of pyridine rings is 1. The molecule has 2 fully saturated rings. The zero-order valence-corrected chi connectivity index (χ0v) is 18.4. The predicted octanol–water partition coefficient (Wildman–Crippen LogP) is 3.93. The smallest absolute Gasteiger partial charge is 0.330 e. The minimum atomic E-state index is -0.0669. The lowest BCUT2D eigenvalue weighted by Gasteiger charge is -2.34. The van der Waals surface area contributed by atoms with Gasteiger partial charge >= 0.3 is 11.7 Å². The number of rotatable bonds is 4. The number of nitrogens with one attached hydrogen (secondary N) is 1. The van der Waals surface area contributed by atoms with E-state index in [2.05, 4.69) is 10.3 Å². The van der Waals surface area contributed by atoms with Gasteiger partial charge in [-0.05, 0) is 43.4 Å². The van der Waals surface area contributed by atoms with E-state index in [9.17, 15) is 9.59 Å². The fourth-order valence-corrected chi connectivity index (χ4v) is 5.22. The van der Waals surface area contributed by atoms with E-state index in [1.807, 2.05) is 51.9 Å². The number of carbonyl (C=O) groups is 1. The minimum Gasteiger partial charge on any atom is -0.335 e. The minimum absolute atomic E-state index is 0.00984. The second-order valence-electron chi connectivity index (χ2n) is 9.10. The topological polar surface area (TPSA) is 72.2 Å². The zero-order valence-electron chi connectivity index (χ0n) is 18.4. The van der Waals surface area contributed by atoms with E-state index in [0.29, 0.717) is 18.7 Å². The highest BCUT2D eigenvalue weighted by Crippen LogP contribution is 2.25. The van der Waals surface area contributed by atoms with E-state index in [-0.39, 0.29) is 23.8 Å². The molecular weight excluding hydrogens is 402 g/mol. The molecule has 1 aromatic carbocycles. The maximum absolute atomic E-state index is 13.6. The predicted molar refractivity (Wildman–Crippen MR) is 125 cm³/mol. The van der Waals surface area contributed by atoms with Gasteiger partial charge in [0, 0.05) is 25.3 Å². The van der Waals surface area contributed by atoms with Gasteiger partial charge in [0.25, 0.3) is 0 Å². The van der Waals surface area contributed by atoms with Crippen molar-refractivity contribution in [2.45, 2.75) is 63.6 Å². The molecule has 1 saturated carbocycles. The summed E-state index contributed by atoms with van der Waals surface area (Å²) >= 11 is 0. The largest absolute Gasteiger partial charge is 0.335 e. The van der Waals surface area contributed by atoms with E-state index in [4.69, 9.17) is 0 Å². The molecule has 1 atom stereocenters. The lowest BCUT2D eigenvalue weighted by atomic mass is 9.95. The van der Waals surface area contributed by atoms with Gasteiger partial charge in [0.1, 0.15) is 0 Å². The number of likely N-dealkylation sites (tertiary alicyclic amines) is 1. The van der Waals surface area contributed by atoms with Gasteiger partial charge in [-0.1, -0.05) is 49.6 Å². The van der Waals surface area contributed by atoms with Crippen LogP contribution in [0, 0.1) is 0 Å². The molecule has 3 heterocycles. The number of fused-ring (bicyclic) bond motifs is 1. The zero-order chi connectivity index (χ0) is 21.9. The van der Waals surface area contributed by atoms with E-state index in [1.165, 1.54) is 19.3 Å². The number of aromatic nitrogens is 3. The van der Waals surface area contributed by atoms with Gasteiger partial charge < -0.3 is 10.2 Å². The van der Waals surface area contributed by atoms with Crippen molar-refractivity contribution >= 4 is 17.2 Å². The van der Waals surface area contributed by atoms with Crippen LogP contribution in [0.2, 0.25) is 0 Å². The third-order valence-electron chi connectivity index (χ3n) is 6.89. The van der Waals surface area contributed by atoms with Crippen molar-refractivity contribution < 1.29 is 4.79 Å². The molecule has 32 heavy (non-hydrogen) atoms. The Hall–Kier alpha value is -3.09. The van der Waals surface area contributed by atoms with Crippen LogP contribution < -0.4 is 11.0 Å². The summed E-state index contributed by atoms with van der Waals surface area (Å²) in [6.07, 6.45) is 9.27. The van der Waals surface area contributed by atoms with E-state index >= 15 is 0 Å². The molecule has 0 unspecified atom stereocenters. The summed E-state index contributed by atoms with van der Waals surface area (Å²) in [5.74, 6) is 0. The molecule has 1 aliphatic heterocycles. The molecule has 0 bridgehead atoms. The number of piperidine rings is 1. The van der Waals surface area contributed by atoms with Crippen LogP contribution in [0.25, 0.3) is 11.2 Å². The van der Waals surface area contributed by atoms with E-state index in [0.717, 1.165) is 43.3 Å². The van der Waals surface area contributed by atoms with Crippen molar-refractivity contribution in [3.05, 3.63) is 64.7 Å². The van der Waals surface area contributed by atoms with Gasteiger partial charge in [-0.3, -0.25) is 9.13 Å². The second kappa shape index (κ2) is 9.18. The lowest BCUT2D eigenvalue weighted by molar-refractivity contribution is 0.160. The van der Waals surface area contributed by atoms with Crippen molar-refractivity contribution in [1.29, 1.82) is 0 Å². The summed E-state index contributed by atoms with van der Waals surface area (Å²) in [4.78, 5) is 33.0. The van der Waals surface area contributed by atoms with Gasteiger partial charge in [-0.25, -0.2) is 14.6 Å². The number of nitrogens with zero attached hydrogens (tertiary/aromatic N) is 4. The van der Waals surface area contributed by atoms with Gasteiger partial charge in [0.2, 0.25) is 0 Å². The molecule has 2 amide bonds. The molecule has 2 aromatic heterocycles. The first-order valence-electron chi connectivity index (χ1n) is 11.9. The summed E-state index contributed by atoms with van der Waals surface area (Å²) in [6.45, 7) is 1.78. The first-order chi connectivity index (χ1) is 15.7. The van der Waals surface area contributed by atoms with Crippen LogP contribution in [-0.2, 0) is 6.54 Å². The summed E-state index contributed by atoms with van der Waals surface area (Å²) in [5, 5.41) is 3.23. The summed E-state index contributed by atoms with van der Waals surface area (Å²) in [5.41, 5.74) is 2.56. The number of amides is 2. The summed E-state index contributed by atoms with van der Waals surface area (Å²) in [7, 11) is 0. The quantitative estimate of drug-likeness (QED) is 0.678. The molecule has 168 valence electrons. The Kier molecular flexibility index (Phi) is 5.97. The van der Waals surface area contributed by atoms with Gasteiger partial charge in [-0.15, -0.1) is 0 Å². The average molecular weight is 434 g/mol. The maximum atomic E-state index is 13.6. The molecule has 7 heteroatoms. The number of hydrogen-bond donors (Lipinski definition) is 1. The molecule has 0 radical (unpaired) electrons. The first kappa shape index (κ1) is 20.8. The van der Waals surface area contributed by atoms with Crippen LogP contribution in [0.3, 0.4) is 0 Å². The van der Waals surface area contributed by atoms with Crippen molar-refractivity contribution in [1.82, 2.24) is 24.3 Å². The van der Waals surface area contributed by atoms with Crippen LogP contribution in [0.5, 0.6) is 0 Å². The van der Waals surface area contributed by atoms with Crippen LogP contribution in [0.15, 0.2) is 53.5 Å². The van der Waals surface area contributed by atoms with Crippen LogP contribution in [0.4, 0.5) is 4.79 Å². The molecule has 7 nitrogen and oxygen atoms in total. The third-order valence-corrected chi connectivity index (χ3v) is 6.89. The average Bonchev–Trinajstić information content (AvgIpc) is 3.12. The normalized spacial score (nSPS) is 19.9. The highest BCUT2D eigenvalue weighted by Gasteiger charge is 2.29. The summed E-state index contributed by atoms with van der Waals surface area (Å²) in [6, 6.07) is 14.1. The van der Waals surface area contributed by atoms with Gasteiger partial charge in [-0.2, -0.15) is 0 Å². The number of hydrogen-bond acceptors (Lipinski definition) is 3. The lowest BCUT2D eigenvalue weighted by Crippen LogP contribution is -2.50. The number of imidazole rings is 1. The molecule has 1 aliphatic carbocycles. The Balaban J connectivity index is 1.41. The second-order valence-corrected chi connectivity index (χ2v) is 9.10. The third kappa shape index (κ3) is 4.16. The highest BCUT2D eigenvalue weighted by atomic mass is 16.2. The first-order valence-corrected chi connectivity index (χ1v) is 11.9. The summed E-state index contributed by atoms with van der Waals surface area (Å²) < 4.78 is 3.62. The number of benzene rings is 1. The Bertz CT molecular complexity index is 1130. The standard InChI is InChI=1S/C25H31N5O2/c31-24(27-20-11-5-2-6-12-20)28-16-8-13-21(18-28)30-23-22(14-7-15-26-23)29(25(30)32)17-19-9-3-1-4-10-19/h1,3-4,7,9-10,14-15,20-21H,2,5-6,8,11-13,16-18H2,(H,27,31)/t21-/m0/s1. The molecule has 1 N–H and O–H groups in total. The van der Waals surface area contributed by atoms with Gasteiger partial charge in [0.15, 0.2) is 5.65 Å². The number of carbonyl (C=O) groups excluding carboxylic acids is 1. The monoisotopic (exact) mass is 433 g/mol. The maximum Gasteiger partial charge on any atom is 0.330 e. The molecular formula is C25H31N5O2. The van der Waals surface area contributed by atoms with Crippen molar-refractivity contribution in [2.75, 3.05) is 13.1 Å². The molecule has 5 rings (SSSR count). The van der Waals surface area contributed by atoms with E-state index in [1.54, 1.807) is 10.8 Å². The van der Waals surface area contributed by atoms with Crippen LogP contribution in [-0.4, -0.2) is 44.2 Å². The van der Waals surface area contributed by atoms with Crippen molar-refractivity contribution in [3.8, 4) is 0 Å². The fraction of sp³-hybridized carbons (Fsp3) is 0.480. The van der Waals surface area contributed by atoms with Crippen LogP contribution in [0.1, 0.15) is 56.6 Å². The van der Waals surface area contributed by atoms with E-state index < -0.39 is 0 Å². The SMILES string of the molecule is O=C(NC1CCCCC1)N1CCC[C@H](n2c(=O)n(Cc3ccccc3)c3cccnc32)C1. The fourth-order valence-electron chi connectivity index (χ4n) is 5.22. The molecule has 3 aromatic rings.